The highest BCUT2D eigenvalue weighted by Crippen LogP contribution is 2.67. The molecule has 0 aliphatic heterocycles. The van der Waals surface area contributed by atoms with Crippen LogP contribution in [0.1, 0.15) is 58.8 Å². The molecule has 26 heavy (non-hydrogen) atoms. The topological polar surface area (TPSA) is 74.6 Å². The van der Waals surface area contributed by atoms with Crippen molar-refractivity contribution in [2.24, 2.45) is 28.6 Å². The van der Waals surface area contributed by atoms with E-state index in [2.05, 4.69) is 29.8 Å². The van der Waals surface area contributed by atoms with Crippen molar-refractivity contribution in [1.29, 1.82) is 0 Å². The Kier molecular flexibility index (Phi) is 4.33. The van der Waals surface area contributed by atoms with Gasteiger partial charge in [-0.15, -0.1) is 0 Å². The Labute approximate surface area is 163 Å². The molecule has 0 amide bonds. The van der Waals surface area contributed by atoms with Crippen molar-refractivity contribution in [3.8, 4) is 0 Å². The number of alkyl halides is 1. The number of hydrogen-bond acceptors (Lipinski definition) is 4. The van der Waals surface area contributed by atoms with Crippen LogP contribution in [0.25, 0.3) is 0 Å². The minimum Gasteiger partial charge on any atom is -0.381 e. The van der Waals surface area contributed by atoms with Crippen LogP contribution in [0, 0.1) is 28.6 Å². The van der Waals surface area contributed by atoms with Crippen LogP contribution < -0.4 is 0 Å². The molecule has 4 aliphatic carbocycles. The Morgan fingerprint density at radius 2 is 1.92 bits per heavy atom. The number of ketones is 2. The molecule has 0 bridgehead atoms. The number of carbonyl (C=O) groups is 2. The van der Waals surface area contributed by atoms with Crippen LogP contribution in [0.15, 0.2) is 11.6 Å². The first kappa shape index (κ1) is 18.8. The molecule has 3 saturated carbocycles. The second kappa shape index (κ2) is 5.99. The molecule has 0 heterocycles. The van der Waals surface area contributed by atoms with Gasteiger partial charge in [0.15, 0.2) is 11.6 Å². The van der Waals surface area contributed by atoms with Gasteiger partial charge < -0.3 is 10.2 Å². The lowest BCUT2D eigenvalue weighted by Crippen LogP contribution is -2.58. The van der Waals surface area contributed by atoms with Crippen molar-refractivity contribution in [2.75, 3.05) is 5.33 Å². The van der Waals surface area contributed by atoms with Crippen molar-refractivity contribution >= 4 is 27.5 Å². The molecule has 4 nitrogen and oxygen atoms in total. The zero-order chi connectivity index (χ0) is 18.9. The zero-order valence-corrected chi connectivity index (χ0v) is 17.2. The standard InChI is InChI=1S/C21H29BrO4/c1-19-10-17(24)16(23)9-12(19)3-4-13-14(19)5-7-20(2)15(13)6-8-21(20,26)18(25)11-22/h9,13-16,23,26H,3-8,10-11H2,1-2H3/t13-,14+,15+,16?,19+,20+,21+/m1/s1. The van der Waals surface area contributed by atoms with Crippen molar-refractivity contribution in [3.63, 3.8) is 0 Å². The van der Waals surface area contributed by atoms with Crippen molar-refractivity contribution in [2.45, 2.75) is 70.5 Å². The normalized spacial score (nSPS) is 50.5. The third kappa shape index (κ3) is 2.26. The summed E-state index contributed by atoms with van der Waals surface area (Å²) in [6.45, 7) is 4.32. The Morgan fingerprint density at radius 1 is 1.23 bits per heavy atom. The highest BCUT2D eigenvalue weighted by Gasteiger charge is 2.66. The first-order valence-corrected chi connectivity index (χ1v) is 11.0. The molecule has 0 radical (unpaired) electrons. The summed E-state index contributed by atoms with van der Waals surface area (Å²) >= 11 is 3.26. The largest absolute Gasteiger partial charge is 0.381 e. The second-order valence-corrected chi connectivity index (χ2v) is 10.1. The Balaban J connectivity index is 1.69. The molecule has 5 heteroatoms. The van der Waals surface area contributed by atoms with Crippen LogP contribution in [0.3, 0.4) is 0 Å². The van der Waals surface area contributed by atoms with E-state index in [-0.39, 0.29) is 27.7 Å². The molecule has 7 atom stereocenters. The summed E-state index contributed by atoms with van der Waals surface area (Å²) in [5.41, 5.74) is -0.503. The summed E-state index contributed by atoms with van der Waals surface area (Å²) in [5, 5.41) is 21.5. The predicted octanol–water partition coefficient (Wildman–Crippen LogP) is 3.18. The molecule has 144 valence electrons. The van der Waals surface area contributed by atoms with Gasteiger partial charge in [0.1, 0.15) is 11.7 Å². The third-order valence-corrected chi connectivity index (χ3v) is 9.21. The SMILES string of the molecule is C[C@]12CC(=O)C(O)C=C1CC[C@@H]1[C@@H]2CC[C@@]2(C)[C@H]1CC[C@]2(O)C(=O)CBr. The Hall–Kier alpha value is -0.520. The number of aliphatic hydroxyl groups is 2. The fraction of sp³-hybridized carbons (Fsp3) is 0.810. The fourth-order valence-corrected chi connectivity index (χ4v) is 7.64. The number of halogens is 1. The third-order valence-electron chi connectivity index (χ3n) is 8.70. The number of rotatable bonds is 2. The summed E-state index contributed by atoms with van der Waals surface area (Å²) < 4.78 is 0. The lowest BCUT2D eigenvalue weighted by Gasteiger charge is -2.58. The second-order valence-electron chi connectivity index (χ2n) is 9.52. The first-order valence-electron chi connectivity index (χ1n) is 9.91. The fourth-order valence-electron chi connectivity index (χ4n) is 7.18. The van der Waals surface area contributed by atoms with Gasteiger partial charge in [-0.25, -0.2) is 0 Å². The number of carbonyl (C=O) groups excluding carboxylic acids is 2. The van der Waals surface area contributed by atoms with Gasteiger partial charge >= 0.3 is 0 Å². The number of fused-ring (bicyclic) bond motifs is 5. The minimum atomic E-state index is -1.22. The van der Waals surface area contributed by atoms with Gasteiger partial charge in [0.2, 0.25) is 0 Å². The lowest BCUT2D eigenvalue weighted by atomic mass is 9.46. The van der Waals surface area contributed by atoms with Crippen LogP contribution in [0.2, 0.25) is 0 Å². The van der Waals surface area contributed by atoms with Gasteiger partial charge in [-0.3, -0.25) is 9.59 Å². The van der Waals surface area contributed by atoms with Gasteiger partial charge in [0.05, 0.1) is 5.33 Å². The van der Waals surface area contributed by atoms with E-state index in [0.717, 1.165) is 32.1 Å². The lowest BCUT2D eigenvalue weighted by molar-refractivity contribution is -0.160. The van der Waals surface area contributed by atoms with E-state index in [1.54, 1.807) is 6.08 Å². The van der Waals surface area contributed by atoms with Gasteiger partial charge in [-0.05, 0) is 67.8 Å². The molecule has 3 fully saturated rings. The van der Waals surface area contributed by atoms with E-state index in [1.807, 2.05) is 0 Å². The molecule has 0 spiro atoms. The molecule has 2 N–H and O–H groups in total. The van der Waals surface area contributed by atoms with E-state index >= 15 is 0 Å². The van der Waals surface area contributed by atoms with Crippen molar-refractivity contribution in [1.82, 2.24) is 0 Å². The molecule has 0 aromatic heterocycles. The Morgan fingerprint density at radius 3 is 2.62 bits per heavy atom. The van der Waals surface area contributed by atoms with Gasteiger partial charge in [0, 0.05) is 11.8 Å². The molecule has 4 rings (SSSR count). The number of allylic oxidation sites excluding steroid dienone is 1. The average Bonchev–Trinajstić information content (AvgIpc) is 2.88. The average molecular weight is 425 g/mol. The summed E-state index contributed by atoms with van der Waals surface area (Å²) in [6.07, 6.45) is 6.45. The smallest absolute Gasteiger partial charge is 0.175 e. The number of aliphatic hydroxyl groups excluding tert-OH is 1. The predicted molar refractivity (Wildman–Crippen MR) is 102 cm³/mol. The van der Waals surface area contributed by atoms with Crippen LogP contribution in [-0.4, -0.2) is 38.8 Å². The maximum atomic E-state index is 12.5. The maximum Gasteiger partial charge on any atom is 0.175 e. The van der Waals surface area contributed by atoms with Crippen LogP contribution in [-0.2, 0) is 9.59 Å². The van der Waals surface area contributed by atoms with Crippen LogP contribution >= 0.6 is 15.9 Å². The van der Waals surface area contributed by atoms with E-state index in [1.165, 1.54) is 5.57 Å². The highest BCUT2D eigenvalue weighted by molar-refractivity contribution is 9.09. The van der Waals surface area contributed by atoms with E-state index in [4.69, 9.17) is 0 Å². The zero-order valence-electron chi connectivity index (χ0n) is 15.6. The Bertz CT molecular complexity index is 687. The maximum absolute atomic E-state index is 12.5. The number of Topliss-reactive ketones (excluding diaryl/α,β-unsaturated/α-hetero) is 2. The minimum absolute atomic E-state index is 0.0670. The van der Waals surface area contributed by atoms with Crippen molar-refractivity contribution in [3.05, 3.63) is 11.6 Å². The molecule has 1 unspecified atom stereocenters. The van der Waals surface area contributed by atoms with Gasteiger partial charge in [-0.2, -0.15) is 0 Å². The van der Waals surface area contributed by atoms with Gasteiger partial charge in [-0.1, -0.05) is 35.4 Å². The summed E-state index contributed by atoms with van der Waals surface area (Å²) in [7, 11) is 0. The molecule has 0 saturated heterocycles. The highest BCUT2D eigenvalue weighted by atomic mass is 79.9. The van der Waals surface area contributed by atoms with E-state index in [0.29, 0.717) is 30.6 Å². The van der Waals surface area contributed by atoms with Crippen molar-refractivity contribution < 1.29 is 19.8 Å². The summed E-state index contributed by atoms with van der Waals surface area (Å²) in [6, 6.07) is 0. The van der Waals surface area contributed by atoms with Crippen LogP contribution in [0.4, 0.5) is 0 Å². The first-order chi connectivity index (χ1) is 12.2. The molecule has 4 aliphatic rings. The molecule has 0 aromatic carbocycles. The molecular weight excluding hydrogens is 396 g/mol. The summed E-state index contributed by atoms with van der Waals surface area (Å²) in [4.78, 5) is 24.8. The molecular formula is C21H29BrO4. The number of hydrogen-bond donors (Lipinski definition) is 2. The van der Waals surface area contributed by atoms with Gasteiger partial charge in [0.25, 0.3) is 0 Å². The van der Waals surface area contributed by atoms with E-state index in [9.17, 15) is 19.8 Å². The summed E-state index contributed by atoms with van der Waals surface area (Å²) in [5.74, 6) is 1.02. The van der Waals surface area contributed by atoms with Crippen LogP contribution in [0.5, 0.6) is 0 Å². The monoisotopic (exact) mass is 424 g/mol. The molecule has 0 aromatic rings. The quantitative estimate of drug-likeness (QED) is 0.527. The van der Waals surface area contributed by atoms with E-state index < -0.39 is 11.7 Å².